The van der Waals surface area contributed by atoms with Crippen LogP contribution in [0, 0.1) is 0 Å². The van der Waals surface area contributed by atoms with Crippen molar-refractivity contribution < 1.29 is 0 Å². The minimum absolute atomic E-state index is 0.733. The van der Waals surface area contributed by atoms with Crippen LogP contribution in [0.25, 0.3) is 0 Å². The molecule has 2 aliphatic rings. The van der Waals surface area contributed by atoms with Gasteiger partial charge in [0.05, 0.1) is 5.69 Å². The van der Waals surface area contributed by atoms with E-state index in [1.165, 1.54) is 32.4 Å². The second kappa shape index (κ2) is 5.16. The number of halogens is 1. The van der Waals surface area contributed by atoms with Gasteiger partial charge >= 0.3 is 0 Å². The van der Waals surface area contributed by atoms with Gasteiger partial charge in [0, 0.05) is 42.9 Å². The van der Waals surface area contributed by atoms with Crippen molar-refractivity contribution in [3.63, 3.8) is 0 Å². The average Bonchev–Trinajstić information content (AvgIpc) is 2.58. The molecule has 0 spiro atoms. The van der Waals surface area contributed by atoms with Gasteiger partial charge in [-0.15, -0.1) is 0 Å². The summed E-state index contributed by atoms with van der Waals surface area (Å²) < 4.78 is 0. The first-order chi connectivity index (χ1) is 8.72. The molecule has 98 valence electrons. The van der Waals surface area contributed by atoms with Crippen molar-refractivity contribution in [3.05, 3.63) is 29.0 Å². The van der Waals surface area contributed by atoms with Gasteiger partial charge in [-0.25, -0.2) is 0 Å². The van der Waals surface area contributed by atoms with E-state index in [1.54, 1.807) is 6.20 Å². The summed E-state index contributed by atoms with van der Waals surface area (Å²) in [6, 6.07) is 5.35. The van der Waals surface area contributed by atoms with E-state index >= 15 is 0 Å². The molecule has 3 rings (SSSR count). The summed E-state index contributed by atoms with van der Waals surface area (Å²) in [4.78, 5) is 9.51. The molecule has 2 aliphatic heterocycles. The van der Waals surface area contributed by atoms with Crippen LogP contribution < -0.4 is 0 Å². The number of pyridine rings is 1. The fourth-order valence-corrected chi connectivity index (χ4v) is 3.47. The zero-order valence-corrected chi connectivity index (χ0v) is 11.6. The molecule has 1 aromatic rings. The second-order valence-corrected chi connectivity index (χ2v) is 5.98. The molecule has 2 fully saturated rings. The smallest absolute Gasteiger partial charge is 0.0558 e. The summed E-state index contributed by atoms with van der Waals surface area (Å²) in [5.41, 5.74) is 1.09. The van der Waals surface area contributed by atoms with Gasteiger partial charge in [-0.1, -0.05) is 11.6 Å². The zero-order chi connectivity index (χ0) is 12.5. The lowest BCUT2D eigenvalue weighted by atomic mass is 10.1. The number of fused-ring (bicyclic) bond motifs is 2. The maximum Gasteiger partial charge on any atom is 0.0558 e. The molecule has 2 unspecified atom stereocenters. The van der Waals surface area contributed by atoms with Crippen molar-refractivity contribution in [3.8, 4) is 0 Å². The highest BCUT2D eigenvalue weighted by molar-refractivity contribution is 6.30. The van der Waals surface area contributed by atoms with Crippen LogP contribution in [0.15, 0.2) is 18.3 Å². The Morgan fingerprint density at radius 1 is 1.33 bits per heavy atom. The minimum Gasteiger partial charge on any atom is -0.299 e. The monoisotopic (exact) mass is 265 g/mol. The van der Waals surface area contributed by atoms with Gasteiger partial charge in [-0.05, 0) is 38.4 Å². The normalized spacial score (nSPS) is 29.4. The van der Waals surface area contributed by atoms with Gasteiger partial charge in [0.2, 0.25) is 0 Å². The molecule has 0 saturated carbocycles. The first-order valence-corrected chi connectivity index (χ1v) is 7.15. The summed E-state index contributed by atoms with van der Waals surface area (Å²) in [5, 5.41) is 0.786. The number of rotatable bonds is 2. The molecule has 3 heterocycles. The van der Waals surface area contributed by atoms with E-state index in [4.69, 9.17) is 11.6 Å². The predicted molar refractivity (Wildman–Crippen MR) is 73.7 cm³/mol. The number of hydrogen-bond donors (Lipinski definition) is 0. The van der Waals surface area contributed by atoms with Gasteiger partial charge in [0.15, 0.2) is 0 Å². The van der Waals surface area contributed by atoms with Crippen LogP contribution in [0.5, 0.6) is 0 Å². The van der Waals surface area contributed by atoms with Gasteiger partial charge in [-0.2, -0.15) is 0 Å². The summed E-state index contributed by atoms with van der Waals surface area (Å²) in [6.45, 7) is 3.28. The van der Waals surface area contributed by atoms with Gasteiger partial charge in [0.1, 0.15) is 0 Å². The van der Waals surface area contributed by atoms with Crippen LogP contribution in [0.1, 0.15) is 25.0 Å². The van der Waals surface area contributed by atoms with Gasteiger partial charge in [-0.3, -0.25) is 14.8 Å². The lowest BCUT2D eigenvalue weighted by molar-refractivity contribution is 0.213. The van der Waals surface area contributed by atoms with Crippen LogP contribution in [-0.4, -0.2) is 47.0 Å². The maximum absolute atomic E-state index is 6.01. The van der Waals surface area contributed by atoms with E-state index in [2.05, 4.69) is 21.8 Å². The number of hydrogen-bond acceptors (Lipinski definition) is 3. The summed E-state index contributed by atoms with van der Waals surface area (Å²) >= 11 is 6.01. The van der Waals surface area contributed by atoms with Crippen LogP contribution in [0.2, 0.25) is 5.02 Å². The van der Waals surface area contributed by atoms with E-state index in [1.807, 2.05) is 12.1 Å². The topological polar surface area (TPSA) is 19.4 Å². The van der Waals surface area contributed by atoms with Crippen molar-refractivity contribution in [2.75, 3.05) is 20.1 Å². The van der Waals surface area contributed by atoms with E-state index < -0.39 is 0 Å². The van der Waals surface area contributed by atoms with E-state index in [0.717, 1.165) is 29.3 Å². The predicted octanol–water partition coefficient (Wildman–Crippen LogP) is 2.40. The highest BCUT2D eigenvalue weighted by atomic mass is 35.5. The largest absolute Gasteiger partial charge is 0.299 e. The van der Waals surface area contributed by atoms with E-state index in [-0.39, 0.29) is 0 Å². The average molecular weight is 266 g/mol. The van der Waals surface area contributed by atoms with Crippen LogP contribution in [0.4, 0.5) is 0 Å². The third-order valence-electron chi connectivity index (χ3n) is 4.40. The van der Waals surface area contributed by atoms with Crippen molar-refractivity contribution in [1.82, 2.24) is 14.8 Å². The fourth-order valence-electron chi connectivity index (χ4n) is 3.29. The Labute approximate surface area is 114 Å². The minimum atomic E-state index is 0.733. The van der Waals surface area contributed by atoms with Gasteiger partial charge < -0.3 is 0 Å². The Balaban J connectivity index is 1.67. The van der Waals surface area contributed by atoms with Crippen molar-refractivity contribution in [2.24, 2.45) is 0 Å². The van der Waals surface area contributed by atoms with Crippen molar-refractivity contribution in [2.45, 2.75) is 37.9 Å². The SMILES string of the molecule is CN1C2CCC1CN(Cc1cc(Cl)ccn1)CC2. The Morgan fingerprint density at radius 2 is 2.17 bits per heavy atom. The highest BCUT2D eigenvalue weighted by Crippen LogP contribution is 2.28. The molecular formula is C14H20ClN3. The lowest BCUT2D eigenvalue weighted by Gasteiger charge is -2.25. The number of aromatic nitrogens is 1. The maximum atomic E-state index is 6.01. The third-order valence-corrected chi connectivity index (χ3v) is 4.63. The number of likely N-dealkylation sites (tertiary alicyclic amines) is 1. The molecule has 0 aromatic carbocycles. The Hall–Kier alpha value is -0.640. The van der Waals surface area contributed by atoms with Crippen molar-refractivity contribution >= 4 is 11.6 Å². The summed E-state index contributed by atoms with van der Waals surface area (Å²) in [6.07, 6.45) is 5.81. The number of likely N-dealkylation sites (N-methyl/N-ethyl adjacent to an activating group) is 1. The molecule has 0 aliphatic carbocycles. The molecule has 2 saturated heterocycles. The zero-order valence-electron chi connectivity index (χ0n) is 10.8. The summed E-state index contributed by atoms with van der Waals surface area (Å²) in [7, 11) is 2.28. The fraction of sp³-hybridized carbons (Fsp3) is 0.643. The second-order valence-electron chi connectivity index (χ2n) is 5.54. The molecule has 0 radical (unpaired) electrons. The highest BCUT2D eigenvalue weighted by Gasteiger charge is 2.34. The molecule has 2 bridgehead atoms. The standard InChI is InChI=1S/C14H20ClN3/c1-17-13-2-3-14(17)10-18(7-5-13)9-12-8-11(15)4-6-16-12/h4,6,8,13-14H,2-3,5,7,9-10H2,1H3. The first kappa shape index (κ1) is 12.4. The molecule has 0 amide bonds. The van der Waals surface area contributed by atoms with E-state index in [0.29, 0.717) is 0 Å². The third kappa shape index (κ3) is 2.53. The Kier molecular flexibility index (Phi) is 3.55. The number of nitrogens with zero attached hydrogens (tertiary/aromatic N) is 3. The van der Waals surface area contributed by atoms with Crippen LogP contribution in [-0.2, 0) is 6.54 Å². The molecule has 2 atom stereocenters. The van der Waals surface area contributed by atoms with Crippen molar-refractivity contribution in [1.29, 1.82) is 0 Å². The molecule has 3 nitrogen and oxygen atoms in total. The molecule has 4 heteroatoms. The summed E-state index contributed by atoms with van der Waals surface area (Å²) in [5.74, 6) is 0. The van der Waals surface area contributed by atoms with Crippen LogP contribution in [0.3, 0.4) is 0 Å². The van der Waals surface area contributed by atoms with Gasteiger partial charge in [0.25, 0.3) is 0 Å². The Morgan fingerprint density at radius 3 is 3.00 bits per heavy atom. The Bertz CT molecular complexity index is 423. The lowest BCUT2D eigenvalue weighted by Crippen LogP contribution is -2.36. The quantitative estimate of drug-likeness (QED) is 0.819. The first-order valence-electron chi connectivity index (χ1n) is 6.77. The molecular weight excluding hydrogens is 246 g/mol. The molecule has 18 heavy (non-hydrogen) atoms. The van der Waals surface area contributed by atoms with Crippen LogP contribution >= 0.6 is 11.6 Å². The molecule has 0 N–H and O–H groups in total. The molecule has 1 aromatic heterocycles. The van der Waals surface area contributed by atoms with E-state index in [9.17, 15) is 0 Å².